The van der Waals surface area contributed by atoms with Crippen LogP contribution in [0.1, 0.15) is 6.92 Å². The van der Waals surface area contributed by atoms with Crippen molar-refractivity contribution >= 4 is 5.82 Å². The molecule has 0 aliphatic rings. The summed E-state index contributed by atoms with van der Waals surface area (Å²) in [5, 5.41) is 11.4. The molecule has 0 saturated carbocycles. The molecule has 1 rings (SSSR count). The molecule has 1 heterocycles. The maximum absolute atomic E-state index is 12.9. The third kappa shape index (κ3) is 2.17. The fraction of sp³-hybridized carbons (Fsp3) is 0.375. The Kier molecular flexibility index (Phi) is 2.99. The van der Waals surface area contributed by atoms with Crippen molar-refractivity contribution in [3.05, 3.63) is 24.1 Å². The molecule has 4 heteroatoms. The van der Waals surface area contributed by atoms with Crippen LogP contribution in [0.25, 0.3) is 0 Å². The molecule has 0 amide bonds. The lowest BCUT2D eigenvalue weighted by Crippen LogP contribution is -2.20. The standard InChI is InChI=1S/C8H11FN2O/c1-6(5-12)11-8-7(9)3-2-4-10-8/h2-4,6,12H,5H2,1H3,(H,10,11)/t6-/m0/s1. The Morgan fingerprint density at radius 2 is 2.50 bits per heavy atom. The Morgan fingerprint density at radius 3 is 3.08 bits per heavy atom. The zero-order chi connectivity index (χ0) is 8.97. The molecular weight excluding hydrogens is 159 g/mol. The van der Waals surface area contributed by atoms with E-state index in [1.54, 1.807) is 6.92 Å². The van der Waals surface area contributed by atoms with Gasteiger partial charge in [0, 0.05) is 12.2 Å². The molecule has 0 fully saturated rings. The second-order valence-electron chi connectivity index (χ2n) is 2.56. The van der Waals surface area contributed by atoms with E-state index in [1.165, 1.54) is 18.3 Å². The summed E-state index contributed by atoms with van der Waals surface area (Å²) in [6, 6.07) is 2.65. The molecule has 1 aromatic heterocycles. The van der Waals surface area contributed by atoms with Gasteiger partial charge >= 0.3 is 0 Å². The maximum Gasteiger partial charge on any atom is 0.165 e. The third-order valence-electron chi connectivity index (χ3n) is 1.42. The first-order valence-electron chi connectivity index (χ1n) is 3.72. The van der Waals surface area contributed by atoms with E-state index in [2.05, 4.69) is 10.3 Å². The Labute approximate surface area is 70.3 Å². The lowest BCUT2D eigenvalue weighted by atomic mass is 10.3. The fourth-order valence-electron chi connectivity index (χ4n) is 0.771. The van der Waals surface area contributed by atoms with Crippen molar-refractivity contribution in [2.75, 3.05) is 11.9 Å². The van der Waals surface area contributed by atoms with Gasteiger partial charge < -0.3 is 10.4 Å². The molecule has 0 bridgehead atoms. The number of hydrogen-bond donors (Lipinski definition) is 2. The quantitative estimate of drug-likeness (QED) is 0.711. The van der Waals surface area contributed by atoms with Crippen LogP contribution < -0.4 is 5.32 Å². The van der Waals surface area contributed by atoms with Gasteiger partial charge in [0.05, 0.1) is 6.61 Å². The minimum absolute atomic E-state index is 0.0456. The monoisotopic (exact) mass is 170 g/mol. The van der Waals surface area contributed by atoms with Crippen molar-refractivity contribution in [2.45, 2.75) is 13.0 Å². The van der Waals surface area contributed by atoms with E-state index in [-0.39, 0.29) is 18.5 Å². The number of pyridine rings is 1. The van der Waals surface area contributed by atoms with Crippen molar-refractivity contribution in [3.8, 4) is 0 Å². The molecule has 1 atom stereocenters. The number of rotatable bonds is 3. The first-order chi connectivity index (χ1) is 5.74. The third-order valence-corrected chi connectivity index (χ3v) is 1.42. The summed E-state index contributed by atoms with van der Waals surface area (Å²) in [6.45, 7) is 1.70. The van der Waals surface area contributed by atoms with Gasteiger partial charge in [-0.3, -0.25) is 0 Å². The van der Waals surface area contributed by atoms with E-state index >= 15 is 0 Å². The molecule has 1 aromatic rings. The average Bonchev–Trinajstić information content (AvgIpc) is 2.09. The van der Waals surface area contributed by atoms with Crippen LogP contribution in [-0.4, -0.2) is 22.7 Å². The van der Waals surface area contributed by atoms with Gasteiger partial charge in [0.2, 0.25) is 0 Å². The Bertz CT molecular complexity index is 255. The summed E-state index contributed by atoms with van der Waals surface area (Å²) in [6.07, 6.45) is 1.50. The van der Waals surface area contributed by atoms with E-state index in [9.17, 15) is 4.39 Å². The summed E-state index contributed by atoms with van der Waals surface area (Å²) in [5.41, 5.74) is 0. The van der Waals surface area contributed by atoms with Crippen molar-refractivity contribution in [3.63, 3.8) is 0 Å². The van der Waals surface area contributed by atoms with Crippen molar-refractivity contribution in [1.29, 1.82) is 0 Å². The zero-order valence-corrected chi connectivity index (χ0v) is 6.79. The predicted molar refractivity (Wildman–Crippen MR) is 44.4 cm³/mol. The number of aromatic nitrogens is 1. The first kappa shape index (κ1) is 8.93. The number of aliphatic hydroxyl groups excluding tert-OH is 1. The molecule has 0 radical (unpaired) electrons. The minimum Gasteiger partial charge on any atom is -0.394 e. The summed E-state index contributed by atoms with van der Waals surface area (Å²) in [5.74, 6) is -0.225. The van der Waals surface area contributed by atoms with Crippen LogP contribution in [0, 0.1) is 5.82 Å². The lowest BCUT2D eigenvalue weighted by molar-refractivity contribution is 0.281. The van der Waals surface area contributed by atoms with E-state index in [4.69, 9.17) is 5.11 Å². The highest BCUT2D eigenvalue weighted by molar-refractivity contribution is 5.36. The highest BCUT2D eigenvalue weighted by Crippen LogP contribution is 2.09. The summed E-state index contributed by atoms with van der Waals surface area (Å²) in [7, 11) is 0. The number of nitrogens with zero attached hydrogens (tertiary/aromatic N) is 1. The predicted octanol–water partition coefficient (Wildman–Crippen LogP) is 1.01. The van der Waals surface area contributed by atoms with Gasteiger partial charge in [0.1, 0.15) is 0 Å². The van der Waals surface area contributed by atoms with Crippen LogP contribution in [0.4, 0.5) is 10.2 Å². The van der Waals surface area contributed by atoms with Crippen molar-refractivity contribution in [1.82, 2.24) is 4.98 Å². The molecule has 0 unspecified atom stereocenters. The van der Waals surface area contributed by atoms with Gasteiger partial charge in [-0.25, -0.2) is 9.37 Å². The number of anilines is 1. The summed E-state index contributed by atoms with van der Waals surface area (Å²) >= 11 is 0. The number of aliphatic hydroxyl groups is 1. The Morgan fingerprint density at radius 1 is 1.75 bits per heavy atom. The van der Waals surface area contributed by atoms with E-state index in [0.717, 1.165) is 0 Å². The zero-order valence-electron chi connectivity index (χ0n) is 6.79. The van der Waals surface area contributed by atoms with Crippen molar-refractivity contribution in [2.24, 2.45) is 0 Å². The Hall–Kier alpha value is -1.16. The molecule has 12 heavy (non-hydrogen) atoms. The van der Waals surface area contributed by atoms with E-state index in [0.29, 0.717) is 0 Å². The summed E-state index contributed by atoms with van der Waals surface area (Å²) in [4.78, 5) is 3.77. The van der Waals surface area contributed by atoms with Crippen LogP contribution in [0.3, 0.4) is 0 Å². The van der Waals surface area contributed by atoms with Crippen LogP contribution in [-0.2, 0) is 0 Å². The first-order valence-corrected chi connectivity index (χ1v) is 3.72. The SMILES string of the molecule is C[C@@H](CO)Nc1ncccc1F. The second-order valence-corrected chi connectivity index (χ2v) is 2.56. The lowest BCUT2D eigenvalue weighted by Gasteiger charge is -2.11. The number of nitrogens with one attached hydrogen (secondary N) is 1. The number of hydrogen-bond acceptors (Lipinski definition) is 3. The topological polar surface area (TPSA) is 45.1 Å². The van der Waals surface area contributed by atoms with E-state index < -0.39 is 5.82 Å². The van der Waals surface area contributed by atoms with Crippen LogP contribution in [0.15, 0.2) is 18.3 Å². The normalized spacial score (nSPS) is 12.6. The van der Waals surface area contributed by atoms with Gasteiger partial charge in [-0.2, -0.15) is 0 Å². The van der Waals surface area contributed by atoms with Crippen LogP contribution in [0.5, 0.6) is 0 Å². The molecule has 0 spiro atoms. The molecule has 66 valence electrons. The molecule has 3 nitrogen and oxygen atoms in total. The minimum atomic E-state index is -0.405. The van der Waals surface area contributed by atoms with Gasteiger partial charge in [0.25, 0.3) is 0 Å². The molecule has 0 aliphatic carbocycles. The van der Waals surface area contributed by atoms with Gasteiger partial charge in [-0.1, -0.05) is 0 Å². The Balaban J connectivity index is 2.69. The molecule has 0 aliphatic heterocycles. The highest BCUT2D eigenvalue weighted by Gasteiger charge is 2.04. The van der Waals surface area contributed by atoms with Crippen LogP contribution >= 0.6 is 0 Å². The molecular formula is C8H11FN2O. The largest absolute Gasteiger partial charge is 0.394 e. The summed E-state index contributed by atoms with van der Waals surface area (Å²) < 4.78 is 12.9. The van der Waals surface area contributed by atoms with Gasteiger partial charge in [-0.05, 0) is 19.1 Å². The molecule has 0 saturated heterocycles. The van der Waals surface area contributed by atoms with Crippen molar-refractivity contribution < 1.29 is 9.50 Å². The van der Waals surface area contributed by atoms with Crippen LogP contribution in [0.2, 0.25) is 0 Å². The molecule has 2 N–H and O–H groups in total. The fourth-order valence-corrected chi connectivity index (χ4v) is 0.771. The second kappa shape index (κ2) is 4.01. The van der Waals surface area contributed by atoms with Gasteiger partial charge in [-0.15, -0.1) is 0 Å². The maximum atomic E-state index is 12.9. The van der Waals surface area contributed by atoms with E-state index in [1.807, 2.05) is 0 Å². The average molecular weight is 170 g/mol. The smallest absolute Gasteiger partial charge is 0.165 e. The number of halogens is 1. The highest BCUT2D eigenvalue weighted by atomic mass is 19.1. The van der Waals surface area contributed by atoms with Gasteiger partial charge in [0.15, 0.2) is 11.6 Å². The molecule has 0 aromatic carbocycles.